The van der Waals surface area contributed by atoms with Gasteiger partial charge in [0.15, 0.2) is 11.6 Å². The summed E-state index contributed by atoms with van der Waals surface area (Å²) in [4.78, 5) is 8.90. The second-order valence-electron chi connectivity index (χ2n) is 4.04. The molecule has 3 N–H and O–H groups in total. The van der Waals surface area contributed by atoms with Gasteiger partial charge in [-0.2, -0.15) is 13.2 Å². The van der Waals surface area contributed by atoms with Crippen molar-refractivity contribution >= 4 is 5.97 Å². The second-order valence-corrected chi connectivity index (χ2v) is 4.04. The van der Waals surface area contributed by atoms with Crippen LogP contribution in [0.3, 0.4) is 0 Å². The largest absolute Gasteiger partial charge is 0.490 e. The maximum atomic E-state index is 13.2. The Kier molecular flexibility index (Phi) is 4.66. The maximum Gasteiger partial charge on any atom is 0.490 e. The van der Waals surface area contributed by atoms with Crippen LogP contribution < -0.4 is 5.32 Å². The third-order valence-electron chi connectivity index (χ3n) is 2.53. The number of hydrogen-bond donors (Lipinski definition) is 3. The number of halogens is 5. The van der Waals surface area contributed by atoms with E-state index in [1.807, 2.05) is 0 Å². The lowest BCUT2D eigenvalue weighted by molar-refractivity contribution is -0.192. The van der Waals surface area contributed by atoms with Gasteiger partial charge in [-0.1, -0.05) is 12.1 Å². The molecule has 4 nitrogen and oxygen atoms in total. The number of aliphatic hydroxyl groups is 1. The average Bonchev–Trinajstić information content (AvgIpc) is 2.29. The van der Waals surface area contributed by atoms with Gasteiger partial charge in [0.1, 0.15) is 5.60 Å². The molecule has 1 saturated heterocycles. The summed E-state index contributed by atoms with van der Waals surface area (Å²) in [5.41, 5.74) is -1.20. The Labute approximate surface area is 109 Å². The molecule has 0 atom stereocenters. The standard InChI is InChI=1S/C9H9F2NO.C2HF3O2/c10-7-3-1-2-6(8(7)11)9(13)4-12-5-9;3-2(4,5)1(6)7/h1-3,12-13H,4-5H2;(H,6,7). The van der Waals surface area contributed by atoms with E-state index < -0.39 is 29.4 Å². The summed E-state index contributed by atoms with van der Waals surface area (Å²) in [5, 5.41) is 19.7. The molecule has 20 heavy (non-hydrogen) atoms. The molecule has 112 valence electrons. The molecular formula is C11H10F5NO3. The number of nitrogens with one attached hydrogen (secondary N) is 1. The predicted octanol–water partition coefficient (Wildman–Crippen LogP) is 1.39. The SMILES string of the molecule is O=C(O)C(F)(F)F.OC1(c2cccc(F)c2F)CNC1. The number of alkyl halides is 3. The number of benzene rings is 1. The molecule has 0 amide bonds. The highest BCUT2D eigenvalue weighted by Gasteiger charge is 2.39. The Morgan fingerprint density at radius 3 is 2.10 bits per heavy atom. The lowest BCUT2D eigenvalue weighted by Gasteiger charge is -2.38. The number of hydrogen-bond acceptors (Lipinski definition) is 3. The first-order valence-corrected chi connectivity index (χ1v) is 5.25. The molecule has 1 fully saturated rings. The van der Waals surface area contributed by atoms with E-state index >= 15 is 0 Å². The highest BCUT2D eigenvalue weighted by atomic mass is 19.4. The van der Waals surface area contributed by atoms with Crippen LogP contribution in [-0.4, -0.2) is 35.4 Å². The first kappa shape index (κ1) is 16.3. The number of carbonyl (C=O) groups is 1. The van der Waals surface area contributed by atoms with Gasteiger partial charge in [-0.25, -0.2) is 13.6 Å². The molecule has 9 heteroatoms. The lowest BCUT2D eigenvalue weighted by atomic mass is 9.88. The number of carboxylic acid groups (broad SMARTS) is 1. The van der Waals surface area contributed by atoms with Crippen molar-refractivity contribution in [3.05, 3.63) is 35.4 Å². The molecule has 0 radical (unpaired) electrons. The molecule has 0 bridgehead atoms. The number of carboxylic acids is 1. The van der Waals surface area contributed by atoms with E-state index in [1.54, 1.807) is 0 Å². The zero-order chi connectivity index (χ0) is 15.6. The van der Waals surface area contributed by atoms with Gasteiger partial charge < -0.3 is 15.5 Å². The highest BCUT2D eigenvalue weighted by molar-refractivity contribution is 5.73. The number of rotatable bonds is 1. The van der Waals surface area contributed by atoms with Crippen molar-refractivity contribution in [2.75, 3.05) is 13.1 Å². The van der Waals surface area contributed by atoms with Gasteiger partial charge in [-0.05, 0) is 6.07 Å². The van der Waals surface area contributed by atoms with Crippen LogP contribution in [0, 0.1) is 11.6 Å². The minimum Gasteiger partial charge on any atom is -0.475 e. The van der Waals surface area contributed by atoms with Gasteiger partial charge in [-0.15, -0.1) is 0 Å². The van der Waals surface area contributed by atoms with Crippen LogP contribution in [0.1, 0.15) is 5.56 Å². The fraction of sp³-hybridized carbons (Fsp3) is 0.364. The molecule has 0 saturated carbocycles. The van der Waals surface area contributed by atoms with E-state index in [1.165, 1.54) is 12.1 Å². The molecule has 1 aromatic carbocycles. The van der Waals surface area contributed by atoms with Crippen LogP contribution in [0.25, 0.3) is 0 Å². The maximum absolute atomic E-state index is 13.2. The van der Waals surface area contributed by atoms with Crippen LogP contribution in [0.2, 0.25) is 0 Å². The van der Waals surface area contributed by atoms with Crippen LogP contribution >= 0.6 is 0 Å². The summed E-state index contributed by atoms with van der Waals surface area (Å²) < 4.78 is 57.7. The topological polar surface area (TPSA) is 69.6 Å². The van der Waals surface area contributed by atoms with Gasteiger partial charge in [0.25, 0.3) is 0 Å². The molecule has 1 aromatic rings. The van der Waals surface area contributed by atoms with E-state index in [-0.39, 0.29) is 18.7 Å². The number of β-amino-alcohol motifs (C(OH)–C–C–N with tert-alkyl or cyclic N) is 1. The molecule has 2 rings (SSSR count). The Hall–Kier alpha value is -1.74. The summed E-state index contributed by atoms with van der Waals surface area (Å²) in [7, 11) is 0. The Morgan fingerprint density at radius 2 is 1.75 bits per heavy atom. The monoisotopic (exact) mass is 299 g/mol. The number of aliphatic carboxylic acids is 1. The average molecular weight is 299 g/mol. The van der Waals surface area contributed by atoms with Crippen molar-refractivity contribution in [2.24, 2.45) is 0 Å². The summed E-state index contributed by atoms with van der Waals surface area (Å²) in [6.45, 7) is 0.542. The van der Waals surface area contributed by atoms with Gasteiger partial charge in [0.05, 0.1) is 0 Å². The molecular weight excluding hydrogens is 289 g/mol. The third kappa shape index (κ3) is 3.64. The van der Waals surface area contributed by atoms with Crippen molar-refractivity contribution in [2.45, 2.75) is 11.8 Å². The molecule has 0 aromatic heterocycles. The van der Waals surface area contributed by atoms with Crippen LogP contribution in [0.4, 0.5) is 22.0 Å². The summed E-state index contributed by atoms with van der Waals surface area (Å²) in [5.74, 6) is -4.63. The zero-order valence-electron chi connectivity index (χ0n) is 9.84. The van der Waals surface area contributed by atoms with Crippen LogP contribution in [-0.2, 0) is 10.4 Å². The predicted molar refractivity (Wildman–Crippen MR) is 56.8 cm³/mol. The Morgan fingerprint density at radius 1 is 1.25 bits per heavy atom. The van der Waals surface area contributed by atoms with E-state index in [9.17, 15) is 27.1 Å². The lowest BCUT2D eigenvalue weighted by Crippen LogP contribution is -2.57. The van der Waals surface area contributed by atoms with Gasteiger partial charge in [0.2, 0.25) is 0 Å². The summed E-state index contributed by atoms with van der Waals surface area (Å²) in [6, 6.07) is 3.83. The molecule has 0 unspecified atom stereocenters. The minimum atomic E-state index is -5.08. The second kappa shape index (κ2) is 5.71. The van der Waals surface area contributed by atoms with Crippen LogP contribution in [0.15, 0.2) is 18.2 Å². The van der Waals surface area contributed by atoms with Gasteiger partial charge in [0, 0.05) is 18.7 Å². The highest BCUT2D eigenvalue weighted by Crippen LogP contribution is 2.28. The molecule has 1 heterocycles. The molecule has 0 aliphatic carbocycles. The van der Waals surface area contributed by atoms with E-state index in [0.717, 1.165) is 6.07 Å². The van der Waals surface area contributed by atoms with Crippen molar-refractivity contribution in [3.8, 4) is 0 Å². The van der Waals surface area contributed by atoms with Crippen LogP contribution in [0.5, 0.6) is 0 Å². The fourth-order valence-corrected chi connectivity index (χ4v) is 1.42. The first-order valence-electron chi connectivity index (χ1n) is 5.25. The molecule has 1 aliphatic heterocycles. The molecule has 1 aliphatic rings. The van der Waals surface area contributed by atoms with Gasteiger partial charge >= 0.3 is 12.1 Å². The van der Waals surface area contributed by atoms with E-state index in [0.29, 0.717) is 0 Å². The Bertz CT molecular complexity index is 499. The van der Waals surface area contributed by atoms with Crippen molar-refractivity contribution in [1.29, 1.82) is 0 Å². The molecule has 0 spiro atoms. The summed E-state index contributed by atoms with van der Waals surface area (Å²) in [6.07, 6.45) is -5.08. The van der Waals surface area contributed by atoms with Gasteiger partial charge in [-0.3, -0.25) is 0 Å². The smallest absolute Gasteiger partial charge is 0.475 e. The summed E-state index contributed by atoms with van der Waals surface area (Å²) >= 11 is 0. The zero-order valence-corrected chi connectivity index (χ0v) is 9.84. The van der Waals surface area contributed by atoms with Crippen molar-refractivity contribution in [3.63, 3.8) is 0 Å². The minimum absolute atomic E-state index is 0.0336. The first-order chi connectivity index (χ1) is 9.08. The van der Waals surface area contributed by atoms with Crippen molar-refractivity contribution < 1.29 is 37.0 Å². The van der Waals surface area contributed by atoms with E-state index in [2.05, 4.69) is 5.32 Å². The third-order valence-corrected chi connectivity index (χ3v) is 2.53. The van der Waals surface area contributed by atoms with E-state index in [4.69, 9.17) is 9.90 Å². The fourth-order valence-electron chi connectivity index (χ4n) is 1.42. The van der Waals surface area contributed by atoms with Crippen molar-refractivity contribution in [1.82, 2.24) is 5.32 Å². The normalized spacial score (nSPS) is 16.7. The Balaban J connectivity index is 0.000000246. The quantitative estimate of drug-likeness (QED) is 0.685.